The zero-order valence-corrected chi connectivity index (χ0v) is 24.4. The van der Waals surface area contributed by atoms with Crippen molar-refractivity contribution in [2.45, 2.75) is 0 Å². The van der Waals surface area contributed by atoms with Gasteiger partial charge in [0.2, 0.25) is 0 Å². The van der Waals surface area contributed by atoms with Crippen LogP contribution < -0.4 is 0 Å². The van der Waals surface area contributed by atoms with E-state index >= 15 is 0 Å². The Morgan fingerprint density at radius 3 is 1.63 bits per heavy atom. The second kappa shape index (κ2) is 11.5. The fourth-order valence-electron chi connectivity index (χ4n) is 5.45. The van der Waals surface area contributed by atoms with Gasteiger partial charge in [0.05, 0.1) is 5.70 Å². The van der Waals surface area contributed by atoms with Gasteiger partial charge < -0.3 is 0 Å². The number of nitrogens with zero attached hydrogens (tertiary/aromatic N) is 2. The minimum atomic E-state index is 0.555. The Hall–Kier alpha value is -5.38. The molecule has 6 aromatic carbocycles. The molecule has 0 fully saturated rings. The monoisotopic (exact) mass is 568 g/mol. The first-order chi connectivity index (χ1) is 21.2. The van der Waals surface area contributed by atoms with Crippen LogP contribution in [0, 0.1) is 0 Å². The molecule has 0 aliphatic heterocycles. The van der Waals surface area contributed by atoms with Crippen molar-refractivity contribution >= 4 is 49.8 Å². The summed E-state index contributed by atoms with van der Waals surface area (Å²) < 4.78 is 2.59. The van der Waals surface area contributed by atoms with Crippen LogP contribution >= 0.6 is 11.3 Å². The normalized spacial score (nSPS) is 11.6. The molecule has 0 saturated heterocycles. The van der Waals surface area contributed by atoms with Gasteiger partial charge in [-0.05, 0) is 63.9 Å². The van der Waals surface area contributed by atoms with Gasteiger partial charge in [-0.15, -0.1) is 11.3 Å². The Bertz CT molecular complexity index is 2120. The lowest BCUT2D eigenvalue weighted by atomic mass is 10.00. The Labute approximate surface area is 255 Å². The maximum atomic E-state index is 4.73. The van der Waals surface area contributed by atoms with Crippen molar-refractivity contribution in [3.05, 3.63) is 163 Å². The largest absolute Gasteiger partial charge is 0.245 e. The van der Waals surface area contributed by atoms with Crippen LogP contribution in [0.4, 0.5) is 0 Å². The summed E-state index contributed by atoms with van der Waals surface area (Å²) in [5.74, 6) is 0.555. The van der Waals surface area contributed by atoms with E-state index in [9.17, 15) is 0 Å². The minimum Gasteiger partial charge on any atom is -0.245 e. The summed E-state index contributed by atoms with van der Waals surface area (Å²) in [6, 6.07) is 51.0. The Kier molecular flexibility index (Phi) is 7.08. The number of amidine groups is 1. The fourth-order valence-corrected chi connectivity index (χ4v) is 6.57. The van der Waals surface area contributed by atoms with Gasteiger partial charge in [-0.2, -0.15) is 0 Å². The van der Waals surface area contributed by atoms with Gasteiger partial charge in [0, 0.05) is 25.7 Å². The zero-order chi connectivity index (χ0) is 29.2. The Morgan fingerprint density at radius 2 is 0.977 bits per heavy atom. The molecule has 0 aliphatic carbocycles. The molecule has 0 unspecified atom stereocenters. The van der Waals surface area contributed by atoms with Crippen molar-refractivity contribution in [1.82, 2.24) is 0 Å². The molecule has 3 heteroatoms. The highest BCUT2D eigenvalue weighted by Gasteiger charge is 2.10. The van der Waals surface area contributed by atoms with Gasteiger partial charge in [0.15, 0.2) is 5.84 Å². The fraction of sp³-hybridized carbons (Fsp3) is 0. The molecule has 0 spiro atoms. The van der Waals surface area contributed by atoms with Crippen LogP contribution in [-0.4, -0.2) is 12.6 Å². The Morgan fingerprint density at radius 1 is 0.465 bits per heavy atom. The summed E-state index contributed by atoms with van der Waals surface area (Å²) in [4.78, 5) is 8.93. The third-order valence-corrected chi connectivity index (χ3v) is 8.90. The second-order valence-electron chi connectivity index (χ2n) is 10.5. The van der Waals surface area contributed by atoms with Crippen LogP contribution in [-0.2, 0) is 0 Å². The van der Waals surface area contributed by atoms with E-state index in [2.05, 4.69) is 134 Å². The maximum absolute atomic E-state index is 4.73. The lowest BCUT2D eigenvalue weighted by Gasteiger charge is -2.07. The van der Waals surface area contributed by atoms with Gasteiger partial charge in [0.25, 0.3) is 0 Å². The molecule has 43 heavy (non-hydrogen) atoms. The smallest absolute Gasteiger partial charge is 0.159 e. The molecule has 0 radical (unpaired) electrons. The number of rotatable bonds is 6. The van der Waals surface area contributed by atoms with Crippen molar-refractivity contribution < 1.29 is 0 Å². The van der Waals surface area contributed by atoms with Crippen molar-refractivity contribution in [2.75, 3.05) is 0 Å². The van der Waals surface area contributed by atoms with Crippen LogP contribution in [0.3, 0.4) is 0 Å². The molecule has 1 heterocycles. The summed E-state index contributed by atoms with van der Waals surface area (Å²) in [5, 5.41) is 2.60. The van der Waals surface area contributed by atoms with Crippen LogP contribution in [0.25, 0.3) is 59.3 Å². The molecule has 0 saturated carbocycles. The van der Waals surface area contributed by atoms with Crippen LogP contribution in [0.2, 0.25) is 0 Å². The van der Waals surface area contributed by atoms with Crippen LogP contribution in [0.1, 0.15) is 11.1 Å². The highest BCUT2D eigenvalue weighted by atomic mass is 32.1. The highest BCUT2D eigenvalue weighted by molar-refractivity contribution is 7.25. The van der Waals surface area contributed by atoms with Crippen molar-refractivity contribution in [1.29, 1.82) is 0 Å². The number of benzene rings is 6. The molecule has 1 aromatic heterocycles. The van der Waals surface area contributed by atoms with E-state index in [0.29, 0.717) is 11.5 Å². The van der Waals surface area contributed by atoms with Gasteiger partial charge in [-0.25, -0.2) is 9.98 Å². The van der Waals surface area contributed by atoms with E-state index in [1.807, 2.05) is 41.7 Å². The van der Waals surface area contributed by atoms with Crippen molar-refractivity contribution in [2.24, 2.45) is 9.98 Å². The lowest BCUT2D eigenvalue weighted by Crippen LogP contribution is -1.97. The number of thiophene rings is 1. The molecule has 7 aromatic rings. The van der Waals surface area contributed by atoms with Gasteiger partial charge in [0.1, 0.15) is 0 Å². The number of hydrogen-bond donors (Lipinski definition) is 0. The molecular formula is C40H28N2S. The van der Waals surface area contributed by atoms with Gasteiger partial charge in [-0.3, -0.25) is 0 Å². The minimum absolute atomic E-state index is 0.555. The first kappa shape index (κ1) is 26.5. The molecule has 204 valence electrons. The summed E-state index contributed by atoms with van der Waals surface area (Å²) in [5.41, 5.74) is 9.65. The topological polar surface area (TPSA) is 24.7 Å². The molecule has 7 rings (SSSR count). The quantitative estimate of drug-likeness (QED) is 0.141. The average Bonchev–Trinajstić information content (AvgIpc) is 3.45. The first-order valence-electron chi connectivity index (χ1n) is 14.2. The molecule has 0 aliphatic rings. The van der Waals surface area contributed by atoms with Crippen LogP contribution in [0.15, 0.2) is 162 Å². The highest BCUT2D eigenvalue weighted by Crippen LogP contribution is 2.38. The molecule has 2 nitrogen and oxygen atoms in total. The van der Waals surface area contributed by atoms with E-state index < -0.39 is 0 Å². The van der Waals surface area contributed by atoms with Crippen LogP contribution in [0.5, 0.6) is 0 Å². The number of aliphatic imine (C=N–C) groups is 2. The molecule has 0 bridgehead atoms. The first-order valence-corrected chi connectivity index (χ1v) is 15.0. The van der Waals surface area contributed by atoms with E-state index in [0.717, 1.165) is 22.3 Å². The molecule has 0 amide bonds. The predicted octanol–water partition coefficient (Wildman–Crippen LogP) is 11.2. The predicted molar refractivity (Wildman–Crippen MR) is 187 cm³/mol. The average molecular weight is 569 g/mol. The molecular weight excluding hydrogens is 541 g/mol. The Balaban J connectivity index is 1.12. The van der Waals surface area contributed by atoms with Gasteiger partial charge in [-0.1, -0.05) is 134 Å². The standard InChI is InChI=1S/C40H28N2S/c1-27(42-40(41-2)33-19-17-31(18-20-33)29-9-5-3-6-10-29)28-13-15-32(16-14-28)35-21-23-36-37-25-34(30-11-7-4-8-12-30)22-24-38(37)43-39(36)26-35/h3-26H,1-2H2. The van der Waals surface area contributed by atoms with E-state index in [1.54, 1.807) is 0 Å². The number of fused-ring (bicyclic) bond motifs is 3. The third kappa shape index (κ3) is 5.34. The third-order valence-electron chi connectivity index (χ3n) is 7.77. The second-order valence-corrected chi connectivity index (χ2v) is 11.5. The van der Waals surface area contributed by atoms with Gasteiger partial charge >= 0.3 is 0 Å². The lowest BCUT2D eigenvalue weighted by molar-refractivity contribution is 1.46. The summed E-state index contributed by atoms with van der Waals surface area (Å²) in [7, 11) is 0. The summed E-state index contributed by atoms with van der Waals surface area (Å²) in [6.07, 6.45) is 0. The van der Waals surface area contributed by atoms with Crippen molar-refractivity contribution in [3.63, 3.8) is 0 Å². The van der Waals surface area contributed by atoms with Crippen molar-refractivity contribution in [3.8, 4) is 33.4 Å². The maximum Gasteiger partial charge on any atom is 0.159 e. The van der Waals surface area contributed by atoms with E-state index in [4.69, 9.17) is 4.99 Å². The van der Waals surface area contributed by atoms with E-state index in [-0.39, 0.29) is 0 Å². The molecule has 0 N–H and O–H groups in total. The summed E-state index contributed by atoms with van der Waals surface area (Å²) >= 11 is 1.84. The number of hydrogen-bond acceptors (Lipinski definition) is 2. The SMILES string of the molecule is C=NC(=NC(=C)c1ccc(-c2ccc3c(c2)sc2ccc(-c4ccccc4)cc23)cc1)c1ccc(-c2ccccc2)cc1. The van der Waals surface area contributed by atoms with E-state index in [1.165, 1.54) is 42.4 Å². The zero-order valence-electron chi connectivity index (χ0n) is 23.6. The summed E-state index contributed by atoms with van der Waals surface area (Å²) in [6.45, 7) is 7.98. The molecule has 0 atom stereocenters.